The molecule has 3 saturated heterocycles. The zero-order valence-corrected chi connectivity index (χ0v) is 33.7. The van der Waals surface area contributed by atoms with Crippen molar-refractivity contribution in [1.29, 1.82) is 0 Å². The predicted molar refractivity (Wildman–Crippen MR) is 196 cm³/mol. The molecular formula is C41H70O14. The van der Waals surface area contributed by atoms with Gasteiger partial charge in [-0.25, -0.2) is 0 Å². The van der Waals surface area contributed by atoms with Gasteiger partial charge in [0.1, 0.15) is 48.8 Å². The molecule has 0 amide bonds. The fraction of sp³-hybridized carbons (Fsp3) is 1.00. The van der Waals surface area contributed by atoms with Crippen molar-refractivity contribution in [2.75, 3.05) is 13.2 Å². The second-order valence-corrected chi connectivity index (χ2v) is 20.4. The van der Waals surface area contributed by atoms with Crippen molar-refractivity contribution in [2.45, 2.75) is 198 Å². The maximum atomic E-state index is 11.8. The summed E-state index contributed by atoms with van der Waals surface area (Å²) < 4.78 is 30.9. The maximum absolute atomic E-state index is 11.8. The molecule has 3 aliphatic heterocycles. The molecule has 0 bridgehead atoms. The van der Waals surface area contributed by atoms with Crippen LogP contribution in [0.25, 0.3) is 0 Å². The predicted octanol–water partition coefficient (Wildman–Crippen LogP) is 0.970. The lowest BCUT2D eigenvalue weighted by molar-refractivity contribution is -0.378. The van der Waals surface area contributed by atoms with Gasteiger partial charge in [0.15, 0.2) is 12.6 Å². The standard InChI is InChI=1S/C41H70O14/c1-37(2)24-12-15-40(6)25(10-8-19-28(20(44)16-41(19,40)7)21-9-11-27(51-21)38(3,4)50)39(24,5)14-13-26(37)54-36-34(32(48)30(46)23(18-43)53-36)55-35-33(49)31(47)29(45)22(17-42)52-35/h19-36,42-50H,8-18H2,1-7H3/t19-,20-,21+,22-,23-,24+,25-,26+,27+,28-,29-,30-,31+,32+,33-,34-,35+,36+,39+,40-,41-/m1/s1. The average molecular weight is 787 g/mol. The molecule has 3 heterocycles. The van der Waals surface area contributed by atoms with Crippen molar-refractivity contribution in [3.05, 3.63) is 0 Å². The van der Waals surface area contributed by atoms with Gasteiger partial charge in [0.25, 0.3) is 0 Å². The summed E-state index contributed by atoms with van der Waals surface area (Å²) in [6.45, 7) is 14.1. The monoisotopic (exact) mass is 786 g/mol. The molecule has 21 atom stereocenters. The molecule has 0 unspecified atom stereocenters. The lowest BCUT2D eigenvalue weighted by Gasteiger charge is -2.70. The Hall–Kier alpha value is -0.560. The maximum Gasteiger partial charge on any atom is 0.187 e. The molecule has 7 rings (SSSR count). The summed E-state index contributed by atoms with van der Waals surface area (Å²) in [6, 6.07) is 0. The summed E-state index contributed by atoms with van der Waals surface area (Å²) in [5, 5.41) is 95.8. The second-order valence-electron chi connectivity index (χ2n) is 20.4. The molecule has 7 aliphatic rings. The van der Waals surface area contributed by atoms with E-state index < -0.39 is 86.3 Å². The molecule has 318 valence electrons. The highest BCUT2D eigenvalue weighted by Crippen LogP contribution is 2.75. The molecular weight excluding hydrogens is 716 g/mol. The molecule has 0 aromatic carbocycles. The van der Waals surface area contributed by atoms with E-state index >= 15 is 0 Å². The summed E-state index contributed by atoms with van der Waals surface area (Å²) in [5.41, 5.74) is -1.44. The number of ether oxygens (including phenoxy) is 5. The highest BCUT2D eigenvalue weighted by atomic mass is 16.8. The minimum atomic E-state index is -1.75. The van der Waals surface area contributed by atoms with Gasteiger partial charge in [-0.15, -0.1) is 0 Å². The van der Waals surface area contributed by atoms with E-state index in [2.05, 4.69) is 34.6 Å². The number of aliphatic hydroxyl groups excluding tert-OH is 8. The van der Waals surface area contributed by atoms with E-state index in [1.54, 1.807) is 13.8 Å². The van der Waals surface area contributed by atoms with Crippen LogP contribution in [-0.2, 0) is 23.7 Å². The third-order valence-electron chi connectivity index (χ3n) is 17.0. The fourth-order valence-corrected chi connectivity index (χ4v) is 13.8. The first kappa shape index (κ1) is 42.6. The van der Waals surface area contributed by atoms with Crippen LogP contribution >= 0.6 is 0 Å². The van der Waals surface area contributed by atoms with Crippen molar-refractivity contribution in [3.8, 4) is 0 Å². The highest BCUT2D eigenvalue weighted by Gasteiger charge is 2.71. The summed E-state index contributed by atoms with van der Waals surface area (Å²) in [4.78, 5) is 0. The molecule has 4 aliphatic carbocycles. The number of fused-ring (bicyclic) bond motifs is 5. The third kappa shape index (κ3) is 6.68. The summed E-state index contributed by atoms with van der Waals surface area (Å²) >= 11 is 0. The van der Waals surface area contributed by atoms with E-state index in [9.17, 15) is 46.0 Å². The summed E-state index contributed by atoms with van der Waals surface area (Å²) in [6.07, 6.45) is -8.16. The number of rotatable bonds is 8. The Bertz CT molecular complexity index is 1360. The summed E-state index contributed by atoms with van der Waals surface area (Å²) in [5.74, 6) is 1.03. The molecule has 55 heavy (non-hydrogen) atoms. The molecule has 4 saturated carbocycles. The zero-order valence-electron chi connectivity index (χ0n) is 33.7. The van der Waals surface area contributed by atoms with Crippen LogP contribution < -0.4 is 0 Å². The van der Waals surface area contributed by atoms with Crippen molar-refractivity contribution in [3.63, 3.8) is 0 Å². The van der Waals surface area contributed by atoms with Crippen LogP contribution in [0.3, 0.4) is 0 Å². The zero-order chi connectivity index (χ0) is 40.2. The van der Waals surface area contributed by atoms with Crippen LogP contribution in [0.5, 0.6) is 0 Å². The topological polar surface area (TPSA) is 228 Å². The van der Waals surface area contributed by atoms with Crippen molar-refractivity contribution in [1.82, 2.24) is 0 Å². The van der Waals surface area contributed by atoms with Gasteiger partial charge in [-0.05, 0) is 111 Å². The molecule has 14 heteroatoms. The van der Waals surface area contributed by atoms with Crippen LogP contribution in [0.1, 0.15) is 106 Å². The Morgan fingerprint density at radius 3 is 1.89 bits per heavy atom. The molecule has 7 fully saturated rings. The Kier molecular flexibility index (Phi) is 11.5. The van der Waals surface area contributed by atoms with Crippen molar-refractivity contribution < 1.29 is 69.6 Å². The second kappa shape index (κ2) is 14.9. The lowest BCUT2D eigenvalue weighted by atomic mass is 9.35. The Labute approximate surface area is 325 Å². The van der Waals surface area contributed by atoms with Crippen molar-refractivity contribution >= 4 is 0 Å². The van der Waals surface area contributed by atoms with Gasteiger partial charge in [-0.2, -0.15) is 0 Å². The Morgan fingerprint density at radius 2 is 1.27 bits per heavy atom. The first-order chi connectivity index (χ1) is 25.6. The number of hydrogen-bond acceptors (Lipinski definition) is 14. The van der Waals surface area contributed by atoms with Crippen LogP contribution in [0.4, 0.5) is 0 Å². The minimum Gasteiger partial charge on any atom is -0.394 e. The molecule has 0 spiro atoms. The first-order valence-electron chi connectivity index (χ1n) is 20.9. The van der Waals surface area contributed by atoms with Gasteiger partial charge in [0.2, 0.25) is 0 Å². The van der Waals surface area contributed by atoms with Gasteiger partial charge in [-0.1, -0.05) is 34.6 Å². The van der Waals surface area contributed by atoms with Gasteiger partial charge in [0.05, 0.1) is 43.2 Å². The van der Waals surface area contributed by atoms with Crippen LogP contribution in [-0.4, -0.2) is 151 Å². The van der Waals surface area contributed by atoms with E-state index in [0.29, 0.717) is 18.3 Å². The van der Waals surface area contributed by atoms with E-state index in [0.717, 1.165) is 51.4 Å². The van der Waals surface area contributed by atoms with Gasteiger partial charge in [0, 0.05) is 5.92 Å². The van der Waals surface area contributed by atoms with E-state index in [1.807, 2.05) is 0 Å². The number of aliphatic hydroxyl groups is 9. The summed E-state index contributed by atoms with van der Waals surface area (Å²) in [7, 11) is 0. The van der Waals surface area contributed by atoms with E-state index in [4.69, 9.17) is 23.7 Å². The average Bonchev–Trinajstić information content (AvgIpc) is 3.71. The number of hydrogen-bond donors (Lipinski definition) is 9. The van der Waals surface area contributed by atoms with E-state index in [1.165, 1.54) is 0 Å². The Morgan fingerprint density at radius 1 is 0.636 bits per heavy atom. The first-order valence-corrected chi connectivity index (χ1v) is 20.9. The molecule has 14 nitrogen and oxygen atoms in total. The van der Waals surface area contributed by atoms with Gasteiger partial charge in [-0.3, -0.25) is 0 Å². The lowest BCUT2D eigenvalue weighted by Crippen LogP contribution is -2.66. The third-order valence-corrected chi connectivity index (χ3v) is 17.0. The molecule has 0 aromatic rings. The minimum absolute atomic E-state index is 0.0136. The SMILES string of the molecule is CC(C)(O)[C@@H]1CC[C@@H]([C@H]2[C@H](O)C[C@]3(C)[C@@H]2CC[C@@H]2[C@@]4(C)CC[C@H](O[C@@H]5O[C@H](CO)[C@@H](O)[C@H](O)[C@H]5O[C@@H]5O[C@H](CO)[C@@H](O)[C@H](O)[C@H]5O)C(C)(C)[C@@H]4CC[C@]23C)O1. The fourth-order valence-electron chi connectivity index (χ4n) is 13.8. The molecule has 0 radical (unpaired) electrons. The molecule has 9 N–H and O–H groups in total. The van der Waals surface area contributed by atoms with Crippen molar-refractivity contribution in [2.24, 2.45) is 45.3 Å². The van der Waals surface area contributed by atoms with Crippen LogP contribution in [0.2, 0.25) is 0 Å². The largest absolute Gasteiger partial charge is 0.394 e. The highest BCUT2D eigenvalue weighted by molar-refractivity contribution is 5.19. The Balaban J connectivity index is 1.10. The smallest absolute Gasteiger partial charge is 0.187 e. The van der Waals surface area contributed by atoms with E-state index in [-0.39, 0.29) is 51.8 Å². The quantitative estimate of drug-likeness (QED) is 0.156. The van der Waals surface area contributed by atoms with Crippen LogP contribution in [0, 0.1) is 45.3 Å². The van der Waals surface area contributed by atoms with Gasteiger partial charge >= 0.3 is 0 Å². The van der Waals surface area contributed by atoms with Crippen LogP contribution in [0.15, 0.2) is 0 Å². The van der Waals surface area contributed by atoms with Gasteiger partial charge < -0.3 is 69.6 Å². The molecule has 0 aromatic heterocycles. The normalized spacial score (nSPS) is 55.4.